The Bertz CT molecular complexity index is 387. The third kappa shape index (κ3) is 3.23. The van der Waals surface area contributed by atoms with Crippen LogP contribution < -0.4 is 10.1 Å². The molecule has 0 saturated heterocycles. The maximum absolute atomic E-state index is 11.4. The number of hydrogen-bond acceptors (Lipinski definition) is 3. The van der Waals surface area contributed by atoms with Crippen LogP contribution in [-0.2, 0) is 4.79 Å². The van der Waals surface area contributed by atoms with E-state index in [4.69, 9.17) is 4.74 Å². The number of rotatable bonds is 6. The average molecular weight is 251 g/mol. The number of methoxy groups -OCH3 is 1. The van der Waals surface area contributed by atoms with E-state index in [-0.39, 0.29) is 12.0 Å². The highest BCUT2D eigenvalue weighted by atomic mass is 16.5. The number of hydrogen-bond donors (Lipinski definition) is 2. The first-order valence-corrected chi connectivity index (χ1v) is 6.05. The fourth-order valence-electron chi connectivity index (χ4n) is 2.18. The number of nitrogens with one attached hydrogen (secondary N) is 1. The van der Waals surface area contributed by atoms with E-state index in [9.17, 15) is 9.90 Å². The molecular formula is C14H21NO3. The molecule has 0 heterocycles. The molecule has 1 aromatic carbocycles. The van der Waals surface area contributed by atoms with Crippen molar-refractivity contribution in [3.63, 3.8) is 0 Å². The largest absolute Gasteiger partial charge is 0.497 e. The zero-order valence-electron chi connectivity index (χ0n) is 11.3. The molecule has 1 rings (SSSR count). The van der Waals surface area contributed by atoms with Crippen LogP contribution in [0, 0.1) is 11.8 Å². The van der Waals surface area contributed by atoms with Gasteiger partial charge in [0, 0.05) is 6.04 Å². The Morgan fingerprint density at radius 1 is 1.28 bits per heavy atom. The van der Waals surface area contributed by atoms with Crippen molar-refractivity contribution < 1.29 is 14.6 Å². The SMILES string of the molecule is CNC(c1ccc(OC)cc1)C(C(=O)O)C(C)C. The number of carbonyl (C=O) groups is 1. The standard InChI is InChI=1S/C14H21NO3/c1-9(2)12(14(16)17)13(15-3)10-5-7-11(18-4)8-6-10/h5-9,12-13,15H,1-4H3,(H,16,17). The number of ether oxygens (including phenoxy) is 1. The van der Waals surface area contributed by atoms with Gasteiger partial charge in [-0.05, 0) is 30.7 Å². The van der Waals surface area contributed by atoms with Crippen molar-refractivity contribution in [2.24, 2.45) is 11.8 Å². The molecule has 2 atom stereocenters. The molecule has 0 aliphatic heterocycles. The molecule has 0 aliphatic carbocycles. The Morgan fingerprint density at radius 2 is 1.83 bits per heavy atom. The molecule has 0 radical (unpaired) electrons. The summed E-state index contributed by atoms with van der Waals surface area (Å²) in [4.78, 5) is 11.4. The van der Waals surface area contributed by atoms with Crippen LogP contribution in [0.5, 0.6) is 5.75 Å². The molecule has 4 heteroatoms. The number of aliphatic carboxylic acids is 1. The Hall–Kier alpha value is -1.55. The van der Waals surface area contributed by atoms with Crippen molar-refractivity contribution in [3.8, 4) is 5.75 Å². The van der Waals surface area contributed by atoms with Gasteiger partial charge in [-0.25, -0.2) is 0 Å². The molecule has 4 nitrogen and oxygen atoms in total. The molecule has 2 N–H and O–H groups in total. The summed E-state index contributed by atoms with van der Waals surface area (Å²) >= 11 is 0. The van der Waals surface area contributed by atoms with E-state index in [2.05, 4.69) is 5.32 Å². The van der Waals surface area contributed by atoms with Gasteiger partial charge in [0.1, 0.15) is 5.75 Å². The Morgan fingerprint density at radius 3 is 2.17 bits per heavy atom. The second kappa shape index (κ2) is 6.40. The van der Waals surface area contributed by atoms with Crippen LogP contribution in [-0.4, -0.2) is 25.2 Å². The van der Waals surface area contributed by atoms with E-state index in [0.29, 0.717) is 0 Å². The Balaban J connectivity index is 3.03. The Kier molecular flexibility index (Phi) is 5.16. The third-order valence-electron chi connectivity index (χ3n) is 3.15. The van der Waals surface area contributed by atoms with Gasteiger partial charge in [-0.3, -0.25) is 4.79 Å². The van der Waals surface area contributed by atoms with Gasteiger partial charge >= 0.3 is 5.97 Å². The number of carboxylic acid groups (broad SMARTS) is 1. The minimum Gasteiger partial charge on any atom is -0.497 e. The van der Waals surface area contributed by atoms with Gasteiger partial charge in [-0.2, -0.15) is 0 Å². The lowest BCUT2D eigenvalue weighted by molar-refractivity contribution is -0.144. The summed E-state index contributed by atoms with van der Waals surface area (Å²) < 4.78 is 5.10. The second-order valence-electron chi connectivity index (χ2n) is 4.65. The molecule has 0 saturated carbocycles. The predicted octanol–water partition coefficient (Wildman–Crippen LogP) is 2.31. The molecule has 0 amide bonds. The van der Waals surface area contributed by atoms with E-state index in [0.717, 1.165) is 11.3 Å². The molecule has 1 aromatic rings. The first-order chi connectivity index (χ1) is 8.51. The molecule has 0 aliphatic rings. The molecule has 2 unspecified atom stereocenters. The topological polar surface area (TPSA) is 58.6 Å². The van der Waals surface area contributed by atoms with Crippen LogP contribution >= 0.6 is 0 Å². The first kappa shape index (κ1) is 14.5. The normalized spacial score (nSPS) is 14.3. The maximum atomic E-state index is 11.4. The van der Waals surface area contributed by atoms with Crippen LogP contribution in [0.15, 0.2) is 24.3 Å². The van der Waals surface area contributed by atoms with Gasteiger partial charge in [0.2, 0.25) is 0 Å². The van der Waals surface area contributed by atoms with Crippen molar-refractivity contribution in [2.75, 3.05) is 14.2 Å². The van der Waals surface area contributed by atoms with Crippen molar-refractivity contribution in [1.29, 1.82) is 0 Å². The Labute approximate surface area is 108 Å². The second-order valence-corrected chi connectivity index (χ2v) is 4.65. The highest BCUT2D eigenvalue weighted by Gasteiger charge is 2.31. The zero-order chi connectivity index (χ0) is 13.7. The quantitative estimate of drug-likeness (QED) is 0.814. The fourth-order valence-corrected chi connectivity index (χ4v) is 2.18. The van der Waals surface area contributed by atoms with E-state index >= 15 is 0 Å². The van der Waals surface area contributed by atoms with Crippen molar-refractivity contribution in [2.45, 2.75) is 19.9 Å². The lowest BCUT2D eigenvalue weighted by Gasteiger charge is -2.27. The number of benzene rings is 1. The summed E-state index contributed by atoms with van der Waals surface area (Å²) in [7, 11) is 3.39. The average Bonchev–Trinajstić information content (AvgIpc) is 2.35. The van der Waals surface area contributed by atoms with Crippen LogP contribution in [0.25, 0.3) is 0 Å². The van der Waals surface area contributed by atoms with Gasteiger partial charge in [0.25, 0.3) is 0 Å². The summed E-state index contributed by atoms with van der Waals surface area (Å²) in [5.74, 6) is -0.407. The first-order valence-electron chi connectivity index (χ1n) is 6.05. The minimum atomic E-state index is -0.778. The van der Waals surface area contributed by atoms with Crippen LogP contribution in [0.3, 0.4) is 0 Å². The van der Waals surface area contributed by atoms with Crippen molar-refractivity contribution in [1.82, 2.24) is 5.32 Å². The summed E-state index contributed by atoms with van der Waals surface area (Å²) in [6, 6.07) is 7.29. The van der Waals surface area contributed by atoms with Gasteiger partial charge in [0.05, 0.1) is 13.0 Å². The molecule has 0 aromatic heterocycles. The van der Waals surface area contributed by atoms with E-state index in [1.54, 1.807) is 14.2 Å². The van der Waals surface area contributed by atoms with Gasteiger partial charge in [-0.1, -0.05) is 26.0 Å². The van der Waals surface area contributed by atoms with Gasteiger partial charge in [-0.15, -0.1) is 0 Å². The molecular weight excluding hydrogens is 230 g/mol. The molecule has 100 valence electrons. The number of carboxylic acids is 1. The summed E-state index contributed by atoms with van der Waals surface area (Å²) in [5.41, 5.74) is 0.958. The molecule has 0 bridgehead atoms. The zero-order valence-corrected chi connectivity index (χ0v) is 11.3. The maximum Gasteiger partial charge on any atom is 0.308 e. The van der Waals surface area contributed by atoms with Crippen molar-refractivity contribution >= 4 is 5.97 Å². The van der Waals surface area contributed by atoms with Crippen LogP contribution in [0.4, 0.5) is 0 Å². The van der Waals surface area contributed by atoms with E-state index < -0.39 is 11.9 Å². The van der Waals surface area contributed by atoms with Gasteiger partial charge in [0.15, 0.2) is 0 Å². The lowest BCUT2D eigenvalue weighted by Crippen LogP contribution is -2.34. The monoisotopic (exact) mass is 251 g/mol. The summed E-state index contributed by atoms with van der Waals surface area (Å²) in [6.45, 7) is 3.85. The smallest absolute Gasteiger partial charge is 0.308 e. The van der Waals surface area contributed by atoms with Crippen LogP contribution in [0.1, 0.15) is 25.5 Å². The third-order valence-corrected chi connectivity index (χ3v) is 3.15. The summed E-state index contributed by atoms with van der Waals surface area (Å²) in [5, 5.41) is 12.4. The molecule has 0 spiro atoms. The molecule has 0 fully saturated rings. The highest BCUT2D eigenvalue weighted by molar-refractivity contribution is 5.71. The fraction of sp³-hybridized carbons (Fsp3) is 0.500. The minimum absolute atomic E-state index is 0.0575. The van der Waals surface area contributed by atoms with Crippen molar-refractivity contribution in [3.05, 3.63) is 29.8 Å². The lowest BCUT2D eigenvalue weighted by atomic mass is 9.84. The van der Waals surface area contributed by atoms with Gasteiger partial charge < -0.3 is 15.2 Å². The highest BCUT2D eigenvalue weighted by Crippen LogP contribution is 2.29. The summed E-state index contributed by atoms with van der Waals surface area (Å²) in [6.07, 6.45) is 0. The predicted molar refractivity (Wildman–Crippen MR) is 70.8 cm³/mol. The van der Waals surface area contributed by atoms with E-state index in [1.807, 2.05) is 38.1 Å². The molecule has 18 heavy (non-hydrogen) atoms. The van der Waals surface area contributed by atoms with E-state index in [1.165, 1.54) is 0 Å². The van der Waals surface area contributed by atoms with Crippen LogP contribution in [0.2, 0.25) is 0 Å².